The Labute approximate surface area is 86.1 Å². The molecule has 0 aliphatic heterocycles. The molecule has 1 aliphatic carbocycles. The van der Waals surface area contributed by atoms with Crippen molar-refractivity contribution in [1.29, 1.82) is 0 Å². The Bertz CT molecular complexity index is 287. The molecule has 0 aromatic heterocycles. The Morgan fingerprint density at radius 3 is 2.79 bits per heavy atom. The normalized spacial score (nSPS) is 17.2. The van der Waals surface area contributed by atoms with E-state index in [-0.39, 0.29) is 0 Å². The van der Waals surface area contributed by atoms with E-state index in [0.717, 1.165) is 12.2 Å². The van der Waals surface area contributed by atoms with Crippen molar-refractivity contribution in [2.24, 2.45) is 0 Å². The molecule has 1 heteroatoms. The zero-order chi connectivity index (χ0) is 9.80. The summed E-state index contributed by atoms with van der Waals surface area (Å²) < 4.78 is 5.92. The number of aryl methyl sites for hydroxylation is 1. The van der Waals surface area contributed by atoms with Gasteiger partial charge in [0.2, 0.25) is 0 Å². The fourth-order valence-electron chi connectivity index (χ4n) is 2.04. The molecule has 1 aromatic carbocycles. The van der Waals surface area contributed by atoms with Crippen LogP contribution in [0, 0.1) is 0 Å². The first-order chi connectivity index (χ1) is 6.88. The predicted molar refractivity (Wildman–Crippen MR) is 58.7 cm³/mol. The molecule has 0 bridgehead atoms. The van der Waals surface area contributed by atoms with Crippen LogP contribution in [0.2, 0.25) is 0 Å². The van der Waals surface area contributed by atoms with Crippen molar-refractivity contribution in [2.75, 3.05) is 0 Å². The Balaban J connectivity index is 2.00. The zero-order valence-corrected chi connectivity index (χ0v) is 8.83. The molecule has 0 radical (unpaired) electrons. The van der Waals surface area contributed by atoms with E-state index in [2.05, 4.69) is 31.2 Å². The van der Waals surface area contributed by atoms with Gasteiger partial charge < -0.3 is 4.74 Å². The molecule has 1 aliphatic rings. The van der Waals surface area contributed by atoms with Gasteiger partial charge in [0.1, 0.15) is 5.75 Å². The van der Waals surface area contributed by atoms with E-state index in [0.29, 0.717) is 6.10 Å². The number of hydrogen-bond acceptors (Lipinski definition) is 1. The first-order valence-electron chi connectivity index (χ1n) is 5.64. The maximum atomic E-state index is 5.92. The Morgan fingerprint density at radius 2 is 2.07 bits per heavy atom. The highest BCUT2D eigenvalue weighted by Crippen LogP contribution is 2.24. The van der Waals surface area contributed by atoms with Crippen molar-refractivity contribution in [3.8, 4) is 5.75 Å². The maximum absolute atomic E-state index is 5.92. The van der Waals surface area contributed by atoms with Crippen molar-refractivity contribution in [1.82, 2.24) is 0 Å². The molecule has 1 nitrogen and oxygen atoms in total. The van der Waals surface area contributed by atoms with E-state index in [1.165, 1.54) is 31.2 Å². The monoisotopic (exact) mass is 190 g/mol. The third-order valence-corrected chi connectivity index (χ3v) is 2.91. The van der Waals surface area contributed by atoms with Crippen LogP contribution in [0.5, 0.6) is 5.75 Å². The van der Waals surface area contributed by atoms with Gasteiger partial charge >= 0.3 is 0 Å². The lowest BCUT2D eigenvalue weighted by Gasteiger charge is -2.13. The van der Waals surface area contributed by atoms with Gasteiger partial charge in [-0.25, -0.2) is 0 Å². The predicted octanol–water partition coefficient (Wildman–Crippen LogP) is 3.57. The molecule has 1 fully saturated rings. The molecular formula is C13H18O. The average Bonchev–Trinajstić information content (AvgIpc) is 2.71. The summed E-state index contributed by atoms with van der Waals surface area (Å²) in [7, 11) is 0. The third kappa shape index (κ3) is 2.28. The van der Waals surface area contributed by atoms with Crippen LogP contribution in [0.15, 0.2) is 24.3 Å². The second-order valence-electron chi connectivity index (χ2n) is 4.03. The molecule has 1 saturated carbocycles. The molecule has 0 unspecified atom stereocenters. The summed E-state index contributed by atoms with van der Waals surface area (Å²) in [5.74, 6) is 1.05. The van der Waals surface area contributed by atoms with Gasteiger partial charge in [-0.1, -0.05) is 19.1 Å². The molecule has 0 saturated heterocycles. The second-order valence-corrected chi connectivity index (χ2v) is 4.03. The molecule has 0 heterocycles. The van der Waals surface area contributed by atoms with Crippen LogP contribution in [-0.4, -0.2) is 6.10 Å². The molecule has 0 spiro atoms. The van der Waals surface area contributed by atoms with Crippen LogP contribution in [0.1, 0.15) is 38.2 Å². The SMILES string of the molecule is CCc1cccc(OC2CCCC2)c1. The first-order valence-corrected chi connectivity index (χ1v) is 5.64. The van der Waals surface area contributed by atoms with Crippen molar-refractivity contribution in [2.45, 2.75) is 45.1 Å². The minimum Gasteiger partial charge on any atom is -0.490 e. The van der Waals surface area contributed by atoms with E-state index < -0.39 is 0 Å². The molecule has 76 valence electrons. The summed E-state index contributed by atoms with van der Waals surface area (Å²) in [5.41, 5.74) is 1.36. The number of benzene rings is 1. The van der Waals surface area contributed by atoms with Gasteiger partial charge in [-0.3, -0.25) is 0 Å². The minimum absolute atomic E-state index is 0.474. The zero-order valence-electron chi connectivity index (χ0n) is 8.83. The van der Waals surface area contributed by atoms with Gasteiger partial charge in [-0.15, -0.1) is 0 Å². The van der Waals surface area contributed by atoms with Crippen LogP contribution >= 0.6 is 0 Å². The van der Waals surface area contributed by atoms with E-state index in [4.69, 9.17) is 4.74 Å². The second kappa shape index (κ2) is 4.50. The Kier molecular flexibility index (Phi) is 3.07. The molecule has 1 aromatic rings. The molecule has 14 heavy (non-hydrogen) atoms. The van der Waals surface area contributed by atoms with Gasteiger partial charge in [-0.2, -0.15) is 0 Å². The summed E-state index contributed by atoms with van der Waals surface area (Å²) in [4.78, 5) is 0. The smallest absolute Gasteiger partial charge is 0.119 e. The van der Waals surface area contributed by atoms with Crippen LogP contribution in [0.3, 0.4) is 0 Å². The Hall–Kier alpha value is -0.980. The average molecular weight is 190 g/mol. The summed E-state index contributed by atoms with van der Waals surface area (Å²) in [6.07, 6.45) is 6.69. The lowest BCUT2D eigenvalue weighted by atomic mass is 10.1. The molecule has 0 atom stereocenters. The highest BCUT2D eigenvalue weighted by Gasteiger charge is 2.16. The van der Waals surface area contributed by atoms with E-state index >= 15 is 0 Å². The van der Waals surface area contributed by atoms with Gasteiger partial charge in [-0.05, 0) is 49.8 Å². The summed E-state index contributed by atoms with van der Waals surface area (Å²) >= 11 is 0. The van der Waals surface area contributed by atoms with E-state index in [9.17, 15) is 0 Å². The number of hydrogen-bond donors (Lipinski definition) is 0. The molecule has 0 N–H and O–H groups in total. The van der Waals surface area contributed by atoms with Gasteiger partial charge in [0, 0.05) is 0 Å². The van der Waals surface area contributed by atoms with Crippen LogP contribution < -0.4 is 4.74 Å². The van der Waals surface area contributed by atoms with E-state index in [1.54, 1.807) is 0 Å². The van der Waals surface area contributed by atoms with Crippen LogP contribution in [-0.2, 0) is 6.42 Å². The molecule has 2 rings (SSSR count). The van der Waals surface area contributed by atoms with Gasteiger partial charge in [0.25, 0.3) is 0 Å². The molecule has 0 amide bonds. The van der Waals surface area contributed by atoms with Crippen molar-refractivity contribution in [3.63, 3.8) is 0 Å². The maximum Gasteiger partial charge on any atom is 0.119 e. The summed E-state index contributed by atoms with van der Waals surface area (Å²) in [6.45, 7) is 2.18. The number of rotatable bonds is 3. The lowest BCUT2D eigenvalue weighted by molar-refractivity contribution is 0.210. The lowest BCUT2D eigenvalue weighted by Crippen LogP contribution is -2.10. The van der Waals surface area contributed by atoms with Crippen molar-refractivity contribution < 1.29 is 4.74 Å². The van der Waals surface area contributed by atoms with Crippen molar-refractivity contribution in [3.05, 3.63) is 29.8 Å². The fourth-order valence-corrected chi connectivity index (χ4v) is 2.04. The largest absolute Gasteiger partial charge is 0.490 e. The highest BCUT2D eigenvalue weighted by molar-refractivity contribution is 5.28. The van der Waals surface area contributed by atoms with Crippen molar-refractivity contribution >= 4 is 0 Å². The summed E-state index contributed by atoms with van der Waals surface area (Å²) in [5, 5.41) is 0. The quantitative estimate of drug-likeness (QED) is 0.708. The van der Waals surface area contributed by atoms with Gasteiger partial charge in [0.15, 0.2) is 0 Å². The third-order valence-electron chi connectivity index (χ3n) is 2.91. The summed E-state index contributed by atoms with van der Waals surface area (Å²) in [6, 6.07) is 8.47. The number of ether oxygens (including phenoxy) is 1. The molecular weight excluding hydrogens is 172 g/mol. The van der Waals surface area contributed by atoms with Crippen LogP contribution in [0.4, 0.5) is 0 Å². The minimum atomic E-state index is 0.474. The fraction of sp³-hybridized carbons (Fsp3) is 0.538. The van der Waals surface area contributed by atoms with Crippen LogP contribution in [0.25, 0.3) is 0 Å². The standard InChI is InChI=1S/C13H18O/c1-2-11-6-5-9-13(10-11)14-12-7-3-4-8-12/h5-6,9-10,12H,2-4,7-8H2,1H3. The highest BCUT2D eigenvalue weighted by atomic mass is 16.5. The van der Waals surface area contributed by atoms with E-state index in [1.807, 2.05) is 0 Å². The Morgan fingerprint density at radius 1 is 1.29 bits per heavy atom. The first kappa shape index (κ1) is 9.57. The van der Waals surface area contributed by atoms with Gasteiger partial charge in [0.05, 0.1) is 6.10 Å². The topological polar surface area (TPSA) is 9.23 Å².